The van der Waals surface area contributed by atoms with Crippen LogP contribution in [0.3, 0.4) is 0 Å². The highest BCUT2D eigenvalue weighted by molar-refractivity contribution is 9.11. The number of benzene rings is 3. The second-order valence-electron chi connectivity index (χ2n) is 24.2. The highest BCUT2D eigenvalue weighted by Gasteiger charge is 2.21. The van der Waals surface area contributed by atoms with Crippen LogP contribution in [0.2, 0.25) is 0 Å². The number of nitrogens with two attached hydrogens (primary N) is 1. The van der Waals surface area contributed by atoms with Gasteiger partial charge >= 0.3 is 11.9 Å². The molecule has 0 unspecified atom stereocenters. The number of ether oxygens (including phenoxy) is 2. The number of hydrogen-bond acceptors (Lipinski definition) is 28. The summed E-state index contributed by atoms with van der Waals surface area (Å²) in [5.74, 6) is 4.78. The summed E-state index contributed by atoms with van der Waals surface area (Å²) in [5, 5.41) is 26.5. The summed E-state index contributed by atoms with van der Waals surface area (Å²) in [6, 6.07) is 40.7. The standard InChI is InChI=1S/C23H22N6O2.C22H21N7O2.C18H15BrN4O2.C9H7BrN4.C5H3Br2N.C4H5N3.CH4/c1-15-22(16(2)28-27-15)19-8-9-25-20(12-19)29(21-13-24-10-11-26-21)14-17-4-6-18(7-5-17)23(30)31-3;1-14-21(15(2)27-26-14)18-7-8-24-19(11-18)29(20-12-23-9-10-25-20)13-16-3-5-17(6-4-16)22(30)28-31;1-25-18(24)14-4-2-13(3-5-14)12-23(17-11-20-8-9-22-17)16-10-15(19)6-7-21-16;10-7-1-2-12-8(5-7)14-9-6-11-3-4-13-9;6-4-1-2-8-5(7)3-4;5-4-3-6-1-2-7-4;/h4-13H,14H2,1-3H3,(H,27,28);3-12,31H,13H2,1-2H3,(H,26,27)(H,28,30);2-11H,12H2,1H3;1-6H,(H,12,13,14);1-3H;1-3H,(H2,5,7);1H4. The van der Waals surface area contributed by atoms with Gasteiger partial charge in [0.15, 0.2) is 17.5 Å². The molecule has 35 heteroatoms. The van der Waals surface area contributed by atoms with Crippen LogP contribution in [0.1, 0.15) is 78.0 Å². The number of anilines is 9. The van der Waals surface area contributed by atoms with E-state index in [-0.39, 0.29) is 19.4 Å². The Bertz CT molecular complexity index is 5370. The zero-order valence-corrected chi connectivity index (χ0v) is 69.2. The van der Waals surface area contributed by atoms with Gasteiger partial charge in [0.2, 0.25) is 0 Å². The highest BCUT2D eigenvalue weighted by atomic mass is 79.9. The minimum atomic E-state index is -0.558. The molecule has 15 aromatic rings. The first kappa shape index (κ1) is 87.5. The molecule has 12 heterocycles. The Morgan fingerprint density at radius 2 is 0.761 bits per heavy atom. The summed E-state index contributed by atoms with van der Waals surface area (Å²) in [6.45, 7) is 9.41. The number of carbonyl (C=O) groups is 3. The van der Waals surface area contributed by atoms with E-state index in [0.29, 0.717) is 71.2 Å². The number of aromatic amines is 2. The van der Waals surface area contributed by atoms with Crippen LogP contribution in [0.15, 0.2) is 275 Å². The van der Waals surface area contributed by atoms with Crippen LogP contribution in [-0.4, -0.2) is 132 Å². The second kappa shape index (κ2) is 44.8. The summed E-state index contributed by atoms with van der Waals surface area (Å²) < 4.78 is 13.3. The van der Waals surface area contributed by atoms with E-state index in [2.05, 4.69) is 164 Å². The van der Waals surface area contributed by atoms with Gasteiger partial charge in [-0.25, -0.2) is 64.9 Å². The number of hydroxylamine groups is 1. The lowest BCUT2D eigenvalue weighted by Gasteiger charge is -2.23. The van der Waals surface area contributed by atoms with Crippen molar-refractivity contribution in [2.75, 3.05) is 40.0 Å². The maximum atomic E-state index is 11.7. The van der Waals surface area contributed by atoms with E-state index in [9.17, 15) is 14.4 Å². The van der Waals surface area contributed by atoms with E-state index in [0.717, 1.165) is 97.2 Å². The van der Waals surface area contributed by atoms with Crippen molar-refractivity contribution in [1.82, 2.24) is 101 Å². The predicted molar refractivity (Wildman–Crippen MR) is 459 cm³/mol. The predicted octanol–water partition coefficient (Wildman–Crippen LogP) is 16.8. The molecule has 117 heavy (non-hydrogen) atoms. The van der Waals surface area contributed by atoms with Gasteiger partial charge in [-0.2, -0.15) is 10.2 Å². The topological polar surface area (TPSA) is 400 Å². The van der Waals surface area contributed by atoms with Crippen LogP contribution in [0, 0.1) is 27.7 Å². The minimum absolute atomic E-state index is 0. The van der Waals surface area contributed by atoms with Gasteiger partial charge in [-0.05, 0) is 169 Å². The average molecular weight is 1830 g/mol. The van der Waals surface area contributed by atoms with Gasteiger partial charge in [0.05, 0.1) is 87.4 Å². The number of carbonyl (C=O) groups excluding carboxylic acids is 3. The first-order chi connectivity index (χ1) is 56.3. The van der Waals surface area contributed by atoms with E-state index < -0.39 is 5.91 Å². The lowest BCUT2D eigenvalue weighted by atomic mass is 10.0. The van der Waals surface area contributed by atoms with Crippen LogP contribution in [0.25, 0.3) is 22.3 Å². The van der Waals surface area contributed by atoms with Crippen molar-refractivity contribution >= 4 is 134 Å². The summed E-state index contributed by atoms with van der Waals surface area (Å²) in [5.41, 5.74) is 19.1. The number of halogens is 4. The summed E-state index contributed by atoms with van der Waals surface area (Å²) in [6.07, 6.45) is 33.1. The highest BCUT2D eigenvalue weighted by Crippen LogP contribution is 2.34. The molecular weight excluding hydrogens is 1750 g/mol. The summed E-state index contributed by atoms with van der Waals surface area (Å²) in [7, 11) is 2.74. The van der Waals surface area contributed by atoms with E-state index in [4.69, 9.17) is 20.4 Å². The van der Waals surface area contributed by atoms with Gasteiger partial charge < -0.3 is 35.2 Å². The molecule has 1 amide bonds. The first-order valence-corrected chi connectivity index (χ1v) is 38.0. The fraction of sp³-hybridized carbons (Fsp3) is 0.122. The number of methoxy groups -OCH3 is 2. The molecule has 0 saturated carbocycles. The van der Waals surface area contributed by atoms with Crippen molar-refractivity contribution in [2.24, 2.45) is 0 Å². The van der Waals surface area contributed by atoms with Gasteiger partial charge in [0, 0.05) is 134 Å². The Hall–Kier alpha value is -13.5. The Balaban J connectivity index is 0.000000171. The van der Waals surface area contributed by atoms with E-state index in [1.807, 2.05) is 139 Å². The lowest BCUT2D eigenvalue weighted by Crippen LogP contribution is -2.20. The Morgan fingerprint density at radius 1 is 0.402 bits per heavy atom. The fourth-order valence-electron chi connectivity index (χ4n) is 10.8. The molecule has 31 nitrogen and oxygen atoms in total. The lowest BCUT2D eigenvalue weighted by molar-refractivity contribution is 0.0592. The van der Waals surface area contributed by atoms with Crippen molar-refractivity contribution in [3.63, 3.8) is 0 Å². The number of H-pyrrole nitrogens is 2. The normalized spacial score (nSPS) is 10.2. The molecule has 0 fully saturated rings. The Kier molecular flexibility index (Phi) is 33.5. The molecule has 7 N–H and O–H groups in total. The molecular formula is C82H77Br4N25O6. The molecule has 0 saturated heterocycles. The number of rotatable bonds is 19. The van der Waals surface area contributed by atoms with Crippen molar-refractivity contribution in [3.8, 4) is 22.3 Å². The molecule has 12 aromatic heterocycles. The maximum Gasteiger partial charge on any atom is 0.337 e. The largest absolute Gasteiger partial charge is 0.465 e. The maximum absolute atomic E-state index is 11.7. The minimum Gasteiger partial charge on any atom is -0.465 e. The molecule has 0 aliphatic rings. The zero-order chi connectivity index (χ0) is 82.1. The number of amides is 1. The van der Waals surface area contributed by atoms with Crippen LogP contribution in [0.5, 0.6) is 0 Å². The second-order valence-corrected chi connectivity index (χ2v) is 27.8. The Morgan fingerprint density at radius 3 is 1.09 bits per heavy atom. The van der Waals surface area contributed by atoms with Gasteiger partial charge in [0.25, 0.3) is 5.91 Å². The van der Waals surface area contributed by atoms with E-state index in [1.54, 1.807) is 160 Å². The van der Waals surface area contributed by atoms with E-state index >= 15 is 0 Å². The molecule has 0 atom stereocenters. The molecule has 0 spiro atoms. The molecule has 3 aromatic carbocycles. The smallest absolute Gasteiger partial charge is 0.337 e. The molecule has 0 aliphatic heterocycles. The number of aryl methyl sites for hydroxylation is 4. The summed E-state index contributed by atoms with van der Waals surface area (Å²) in [4.78, 5) is 104. The number of hydrogen-bond donors (Lipinski definition) is 6. The molecule has 15 rings (SSSR count). The molecule has 0 radical (unpaired) electrons. The van der Waals surface area contributed by atoms with Gasteiger partial charge in [0.1, 0.15) is 39.5 Å². The molecule has 0 aliphatic carbocycles. The van der Waals surface area contributed by atoms with Crippen molar-refractivity contribution in [3.05, 3.63) is 332 Å². The quantitative estimate of drug-likeness (QED) is 0.0189. The first-order valence-electron chi connectivity index (χ1n) is 34.8. The third kappa shape index (κ3) is 26.3. The van der Waals surface area contributed by atoms with Crippen LogP contribution in [0.4, 0.5) is 52.4 Å². The van der Waals surface area contributed by atoms with Gasteiger partial charge in [-0.3, -0.25) is 45.1 Å². The molecule has 0 bridgehead atoms. The van der Waals surface area contributed by atoms with Gasteiger partial charge in [-0.15, -0.1) is 0 Å². The van der Waals surface area contributed by atoms with Crippen LogP contribution < -0.4 is 31.2 Å². The molecule has 594 valence electrons. The van der Waals surface area contributed by atoms with Crippen LogP contribution in [-0.2, 0) is 29.1 Å². The SMILES string of the molecule is Brc1ccnc(Br)c1.Brc1ccnc(Nc2cnccn2)c1.C.COC(=O)c1ccc(CN(c2cnccn2)c2cc(-c3c(C)n[nH]c3C)ccn2)cc1.COC(=O)c1ccc(CN(c2cnccn2)c2cc(Br)ccn2)cc1.Cc1n[nH]c(C)c1-c1ccnc(N(Cc2ccc(C(=O)NO)cc2)c2cnccn2)c1.Nc1cnccn1. The van der Waals surface area contributed by atoms with Crippen molar-refractivity contribution in [1.29, 1.82) is 0 Å². The van der Waals surface area contributed by atoms with Crippen molar-refractivity contribution < 1.29 is 29.1 Å². The monoisotopic (exact) mass is 1820 g/mol. The Labute approximate surface area is 707 Å². The number of pyridine rings is 5. The van der Waals surface area contributed by atoms with Crippen molar-refractivity contribution in [2.45, 2.75) is 54.8 Å². The van der Waals surface area contributed by atoms with Crippen LogP contribution >= 0.6 is 63.7 Å². The number of aromatic nitrogens is 19. The fourth-order valence-corrected chi connectivity index (χ4v) is 12.5. The number of esters is 2. The number of nitrogens with zero attached hydrogens (tertiary/aromatic N) is 20. The van der Waals surface area contributed by atoms with E-state index in [1.165, 1.54) is 20.4 Å². The third-order valence-electron chi connectivity index (χ3n) is 16.2. The van der Waals surface area contributed by atoms with Gasteiger partial charge in [-0.1, -0.05) is 91.6 Å². The number of nitrogens with one attached hydrogen (secondary N) is 4. The number of nitrogen functional groups attached to an aromatic ring is 1. The average Bonchev–Trinajstić information content (AvgIpc) is 1.78. The third-order valence-corrected chi connectivity index (χ3v) is 18.2. The zero-order valence-electron chi connectivity index (χ0n) is 62.9. The summed E-state index contributed by atoms with van der Waals surface area (Å²) >= 11 is 13.3.